The fourth-order valence-corrected chi connectivity index (χ4v) is 2.98. The minimum Gasteiger partial charge on any atom is -0.481 e. The van der Waals surface area contributed by atoms with Crippen LogP contribution in [-0.4, -0.2) is 25.2 Å². The van der Waals surface area contributed by atoms with Gasteiger partial charge >= 0.3 is 5.97 Å². The number of carboxylic acid groups (broad SMARTS) is 1. The molecule has 0 spiro atoms. The maximum absolute atomic E-state index is 11.7. The highest BCUT2D eigenvalue weighted by Gasteiger charge is 2.12. The van der Waals surface area contributed by atoms with Crippen molar-refractivity contribution in [3.05, 3.63) is 29.8 Å². The molecule has 0 saturated heterocycles. The molecule has 1 aromatic carbocycles. The Morgan fingerprint density at radius 2 is 1.83 bits per heavy atom. The highest BCUT2D eigenvalue weighted by molar-refractivity contribution is 7.92. The van der Waals surface area contributed by atoms with Crippen molar-refractivity contribution in [1.82, 2.24) is 0 Å². The lowest BCUT2D eigenvalue weighted by Crippen LogP contribution is -2.20. The maximum Gasteiger partial charge on any atom is 0.307 e. The molecule has 0 aromatic heterocycles. The fraction of sp³-hybridized carbons (Fsp3) is 0.417. The zero-order valence-corrected chi connectivity index (χ0v) is 11.2. The van der Waals surface area contributed by atoms with Crippen molar-refractivity contribution in [2.45, 2.75) is 20.3 Å². The van der Waals surface area contributed by atoms with E-state index in [9.17, 15) is 13.2 Å². The summed E-state index contributed by atoms with van der Waals surface area (Å²) in [7, 11) is -3.34. The van der Waals surface area contributed by atoms with Gasteiger partial charge in [-0.1, -0.05) is 26.0 Å². The molecule has 0 aliphatic rings. The van der Waals surface area contributed by atoms with Crippen molar-refractivity contribution in [2.24, 2.45) is 5.92 Å². The first-order chi connectivity index (χ1) is 8.28. The summed E-state index contributed by atoms with van der Waals surface area (Å²) < 4.78 is 25.8. The van der Waals surface area contributed by atoms with E-state index >= 15 is 0 Å². The number of hydrogen-bond acceptors (Lipinski definition) is 3. The number of nitrogens with one attached hydrogen (secondary N) is 1. The van der Waals surface area contributed by atoms with E-state index in [1.54, 1.807) is 24.3 Å². The second-order valence-corrected chi connectivity index (χ2v) is 6.31. The van der Waals surface area contributed by atoms with Crippen LogP contribution in [0.15, 0.2) is 24.3 Å². The van der Waals surface area contributed by atoms with E-state index in [1.165, 1.54) is 0 Å². The number of anilines is 1. The van der Waals surface area contributed by atoms with Crippen molar-refractivity contribution in [1.29, 1.82) is 0 Å². The van der Waals surface area contributed by atoms with Crippen LogP contribution >= 0.6 is 0 Å². The molecule has 0 bridgehead atoms. The summed E-state index contributed by atoms with van der Waals surface area (Å²) in [5.41, 5.74) is 1.08. The van der Waals surface area contributed by atoms with Gasteiger partial charge in [0.1, 0.15) is 0 Å². The summed E-state index contributed by atoms with van der Waals surface area (Å²) in [5, 5.41) is 8.61. The molecular formula is C12H17NO4S. The second-order valence-electron chi connectivity index (χ2n) is 4.54. The molecule has 0 amide bonds. The molecule has 0 radical (unpaired) electrons. The summed E-state index contributed by atoms with van der Waals surface area (Å²) in [6.07, 6.45) is -0.0704. The largest absolute Gasteiger partial charge is 0.481 e. The first-order valence-electron chi connectivity index (χ1n) is 5.60. The number of hydrogen-bond donors (Lipinski definition) is 2. The minimum atomic E-state index is -3.34. The Bertz CT molecular complexity index is 505. The second kappa shape index (κ2) is 5.86. The lowest BCUT2D eigenvalue weighted by molar-refractivity contribution is -0.136. The topological polar surface area (TPSA) is 83.5 Å². The normalized spacial score (nSPS) is 11.5. The van der Waals surface area contributed by atoms with Gasteiger partial charge < -0.3 is 5.11 Å². The number of carboxylic acids is 1. The quantitative estimate of drug-likeness (QED) is 0.825. The lowest BCUT2D eigenvalue weighted by Gasteiger charge is -2.10. The molecule has 2 N–H and O–H groups in total. The Kier molecular flexibility index (Phi) is 4.72. The van der Waals surface area contributed by atoms with Crippen LogP contribution in [0.4, 0.5) is 5.69 Å². The van der Waals surface area contributed by atoms with E-state index < -0.39 is 16.0 Å². The monoisotopic (exact) mass is 271 g/mol. The molecule has 0 atom stereocenters. The van der Waals surface area contributed by atoms with Gasteiger partial charge in [-0.15, -0.1) is 0 Å². The zero-order chi connectivity index (χ0) is 13.8. The van der Waals surface area contributed by atoms with Gasteiger partial charge in [0.2, 0.25) is 10.0 Å². The third kappa shape index (κ3) is 5.18. The summed E-state index contributed by atoms with van der Waals surface area (Å²) in [6.45, 7) is 3.66. The molecule has 0 saturated carbocycles. The van der Waals surface area contributed by atoms with Gasteiger partial charge in [0, 0.05) is 5.69 Å². The van der Waals surface area contributed by atoms with Crippen molar-refractivity contribution >= 4 is 21.7 Å². The standard InChI is InChI=1S/C12H17NO4S/c1-9(2)8-18(16,17)13-11-5-3-10(4-6-11)7-12(14)15/h3-6,9,13H,7-8H2,1-2H3,(H,14,15). The van der Waals surface area contributed by atoms with E-state index in [0.717, 1.165) is 0 Å². The van der Waals surface area contributed by atoms with Gasteiger partial charge in [0.25, 0.3) is 0 Å². The zero-order valence-electron chi connectivity index (χ0n) is 10.4. The van der Waals surface area contributed by atoms with Crippen molar-refractivity contribution in [2.75, 3.05) is 10.5 Å². The van der Waals surface area contributed by atoms with E-state index in [2.05, 4.69) is 4.72 Å². The molecule has 0 aliphatic heterocycles. The molecule has 6 heteroatoms. The fourth-order valence-electron chi connectivity index (χ4n) is 1.53. The Labute approximate surface area is 107 Å². The maximum atomic E-state index is 11.7. The van der Waals surface area contributed by atoms with E-state index in [-0.39, 0.29) is 18.1 Å². The van der Waals surface area contributed by atoms with Gasteiger partial charge in [-0.05, 0) is 23.6 Å². The first-order valence-corrected chi connectivity index (χ1v) is 7.25. The molecule has 1 rings (SSSR count). The van der Waals surface area contributed by atoms with E-state index in [4.69, 9.17) is 5.11 Å². The SMILES string of the molecule is CC(C)CS(=O)(=O)Nc1ccc(CC(=O)O)cc1. The van der Waals surface area contributed by atoms with Crippen molar-refractivity contribution < 1.29 is 18.3 Å². The Morgan fingerprint density at radius 1 is 1.28 bits per heavy atom. The van der Waals surface area contributed by atoms with Gasteiger partial charge in [-0.2, -0.15) is 0 Å². The van der Waals surface area contributed by atoms with Crippen LogP contribution in [0.25, 0.3) is 0 Å². The van der Waals surface area contributed by atoms with Gasteiger partial charge in [0.05, 0.1) is 12.2 Å². The Morgan fingerprint density at radius 3 is 2.28 bits per heavy atom. The molecule has 100 valence electrons. The molecule has 0 unspecified atom stereocenters. The number of sulfonamides is 1. The van der Waals surface area contributed by atoms with E-state index in [0.29, 0.717) is 11.3 Å². The lowest BCUT2D eigenvalue weighted by atomic mass is 10.1. The van der Waals surface area contributed by atoms with Crippen molar-refractivity contribution in [3.63, 3.8) is 0 Å². The number of rotatable bonds is 6. The van der Waals surface area contributed by atoms with Gasteiger partial charge in [-0.3, -0.25) is 9.52 Å². The third-order valence-electron chi connectivity index (χ3n) is 2.14. The van der Waals surface area contributed by atoms with Crippen LogP contribution in [0.3, 0.4) is 0 Å². The average molecular weight is 271 g/mol. The smallest absolute Gasteiger partial charge is 0.307 e. The molecule has 1 aromatic rings. The highest BCUT2D eigenvalue weighted by atomic mass is 32.2. The number of benzene rings is 1. The summed E-state index contributed by atoms with van der Waals surface area (Å²) in [5.74, 6) is -0.805. The third-order valence-corrected chi connectivity index (χ3v) is 3.79. The van der Waals surface area contributed by atoms with Gasteiger partial charge in [-0.25, -0.2) is 8.42 Å². The number of aliphatic carboxylic acids is 1. The molecule has 0 heterocycles. The van der Waals surface area contributed by atoms with Crippen LogP contribution in [0.5, 0.6) is 0 Å². The summed E-state index contributed by atoms with van der Waals surface area (Å²) >= 11 is 0. The first kappa shape index (κ1) is 14.5. The van der Waals surface area contributed by atoms with E-state index in [1.807, 2.05) is 13.8 Å². The van der Waals surface area contributed by atoms with Gasteiger partial charge in [0.15, 0.2) is 0 Å². The minimum absolute atomic E-state index is 0.0498. The van der Waals surface area contributed by atoms with Crippen LogP contribution in [0, 0.1) is 5.92 Å². The van der Waals surface area contributed by atoms with Crippen LogP contribution in [-0.2, 0) is 21.2 Å². The van der Waals surface area contributed by atoms with Crippen LogP contribution in [0.2, 0.25) is 0 Å². The van der Waals surface area contributed by atoms with Crippen molar-refractivity contribution in [3.8, 4) is 0 Å². The highest BCUT2D eigenvalue weighted by Crippen LogP contribution is 2.13. The Balaban J connectivity index is 2.72. The predicted octanol–water partition coefficient (Wildman–Crippen LogP) is 1.71. The summed E-state index contributed by atoms with van der Waals surface area (Å²) in [4.78, 5) is 10.5. The predicted molar refractivity (Wildman–Crippen MR) is 70.0 cm³/mol. The molecule has 0 fully saturated rings. The summed E-state index contributed by atoms with van der Waals surface area (Å²) in [6, 6.07) is 6.33. The molecular weight excluding hydrogens is 254 g/mol. The molecule has 5 nitrogen and oxygen atoms in total. The average Bonchev–Trinajstić information content (AvgIpc) is 2.17. The van der Waals surface area contributed by atoms with Crippen LogP contribution in [0.1, 0.15) is 19.4 Å². The Hall–Kier alpha value is -1.56. The molecule has 0 aliphatic carbocycles. The van der Waals surface area contributed by atoms with Crippen LogP contribution < -0.4 is 4.72 Å². The molecule has 18 heavy (non-hydrogen) atoms. The number of carbonyl (C=O) groups is 1.